The molecule has 3 heteroatoms. The van der Waals surface area contributed by atoms with E-state index in [2.05, 4.69) is 48.8 Å². The maximum absolute atomic E-state index is 6.12. The average molecular weight is 338 g/mol. The van der Waals surface area contributed by atoms with Gasteiger partial charge >= 0.3 is 0 Å². The van der Waals surface area contributed by atoms with Crippen LogP contribution >= 0.6 is 0 Å². The first-order valence-corrected chi connectivity index (χ1v) is 9.12. The van der Waals surface area contributed by atoms with Crippen LogP contribution in [0.25, 0.3) is 5.70 Å². The van der Waals surface area contributed by atoms with Crippen molar-refractivity contribution in [2.24, 2.45) is 0 Å². The summed E-state index contributed by atoms with van der Waals surface area (Å²) in [6.45, 7) is 8.38. The van der Waals surface area contributed by atoms with Gasteiger partial charge in [0.15, 0.2) is 0 Å². The minimum atomic E-state index is 0.690. The minimum absolute atomic E-state index is 0.690. The molecule has 0 aliphatic carbocycles. The van der Waals surface area contributed by atoms with Gasteiger partial charge in [0.2, 0.25) is 0 Å². The third-order valence-electron chi connectivity index (χ3n) is 4.70. The molecule has 0 aliphatic heterocycles. The number of hydrogen-bond acceptors (Lipinski definition) is 3. The Balaban J connectivity index is 2.16. The number of hydrogen-bond donors (Lipinski definition) is 1. The van der Waals surface area contributed by atoms with E-state index < -0.39 is 0 Å². The van der Waals surface area contributed by atoms with Crippen molar-refractivity contribution in [2.75, 3.05) is 19.8 Å². The average Bonchev–Trinajstić information content (AvgIpc) is 2.59. The molecule has 134 valence electrons. The van der Waals surface area contributed by atoms with Gasteiger partial charge in [0.1, 0.15) is 5.82 Å². The smallest absolute Gasteiger partial charge is 0.126 e. The topological polar surface area (TPSA) is 42.1 Å². The summed E-state index contributed by atoms with van der Waals surface area (Å²) in [5.74, 6) is 0.690. The van der Waals surface area contributed by atoms with Crippen molar-refractivity contribution in [2.45, 2.75) is 46.0 Å². The fourth-order valence-corrected chi connectivity index (χ4v) is 2.95. The quantitative estimate of drug-likeness (QED) is 0.702. The van der Waals surface area contributed by atoms with Gasteiger partial charge in [-0.25, -0.2) is 4.98 Å². The van der Waals surface area contributed by atoms with Crippen LogP contribution in [0.2, 0.25) is 0 Å². The van der Waals surface area contributed by atoms with Crippen LogP contribution < -0.4 is 5.73 Å². The summed E-state index contributed by atoms with van der Waals surface area (Å²) in [6, 6.07) is 10.9. The van der Waals surface area contributed by atoms with Gasteiger partial charge < -0.3 is 10.6 Å². The van der Waals surface area contributed by atoms with E-state index in [-0.39, 0.29) is 0 Å². The normalized spacial score (nSPS) is 10.7. The number of nitrogen functional groups attached to an aromatic ring is 1. The largest absolute Gasteiger partial charge is 0.383 e. The highest BCUT2D eigenvalue weighted by Gasteiger charge is 2.09. The molecule has 2 aromatic rings. The standard InChI is InChI=1S/C22H31N3/c1-6-7-8-9-20-15-21(16(2)24-22(20)23)14-18-10-12-19(13-11-18)17(3)25(4)5/h10-13,15H,3,6-9,14H2,1-2,4-5H3,(H2,23,24). The molecule has 25 heavy (non-hydrogen) atoms. The van der Waals surface area contributed by atoms with Crippen LogP contribution in [0.1, 0.15) is 54.1 Å². The van der Waals surface area contributed by atoms with E-state index in [1.165, 1.54) is 36.0 Å². The maximum Gasteiger partial charge on any atom is 0.126 e. The van der Waals surface area contributed by atoms with E-state index in [1.54, 1.807) is 0 Å². The predicted molar refractivity (Wildman–Crippen MR) is 109 cm³/mol. The van der Waals surface area contributed by atoms with Gasteiger partial charge in [-0.05, 0) is 48.4 Å². The number of aryl methyl sites for hydroxylation is 2. The molecule has 1 heterocycles. The van der Waals surface area contributed by atoms with Crippen molar-refractivity contribution < 1.29 is 0 Å². The van der Waals surface area contributed by atoms with Crippen LogP contribution in [0.15, 0.2) is 36.9 Å². The molecule has 0 unspecified atom stereocenters. The van der Waals surface area contributed by atoms with Crippen molar-refractivity contribution in [3.05, 3.63) is 64.9 Å². The fraction of sp³-hybridized carbons (Fsp3) is 0.409. The van der Waals surface area contributed by atoms with Gasteiger partial charge in [0.25, 0.3) is 0 Å². The monoisotopic (exact) mass is 337 g/mol. The van der Waals surface area contributed by atoms with Crippen LogP contribution in [0.5, 0.6) is 0 Å². The highest BCUT2D eigenvalue weighted by atomic mass is 15.1. The van der Waals surface area contributed by atoms with Gasteiger partial charge in [-0.15, -0.1) is 0 Å². The van der Waals surface area contributed by atoms with E-state index in [9.17, 15) is 0 Å². The summed E-state index contributed by atoms with van der Waals surface area (Å²) in [6.07, 6.45) is 5.53. The highest BCUT2D eigenvalue weighted by molar-refractivity contribution is 5.61. The number of nitrogens with zero attached hydrogens (tertiary/aromatic N) is 2. The third-order valence-corrected chi connectivity index (χ3v) is 4.70. The summed E-state index contributed by atoms with van der Waals surface area (Å²) in [5.41, 5.74) is 13.1. The van der Waals surface area contributed by atoms with Gasteiger partial charge in [0.05, 0.1) is 0 Å². The van der Waals surface area contributed by atoms with E-state index in [0.717, 1.165) is 29.8 Å². The molecule has 0 fully saturated rings. The van der Waals surface area contributed by atoms with Gasteiger partial charge in [0, 0.05) is 25.5 Å². The molecule has 1 aromatic heterocycles. The number of benzene rings is 1. The molecular weight excluding hydrogens is 306 g/mol. The number of aromatic nitrogens is 1. The molecule has 0 bridgehead atoms. The number of pyridine rings is 1. The Morgan fingerprint density at radius 3 is 2.40 bits per heavy atom. The van der Waals surface area contributed by atoms with Crippen LogP contribution in [0.3, 0.4) is 0 Å². The summed E-state index contributed by atoms with van der Waals surface area (Å²) < 4.78 is 0. The molecule has 0 spiro atoms. The molecule has 0 aliphatic rings. The third kappa shape index (κ3) is 5.09. The molecule has 0 atom stereocenters. The van der Waals surface area contributed by atoms with Crippen LogP contribution in [0, 0.1) is 6.92 Å². The Labute approximate surface area is 152 Å². The first-order valence-electron chi connectivity index (χ1n) is 9.12. The Morgan fingerprint density at radius 2 is 1.80 bits per heavy atom. The summed E-state index contributed by atoms with van der Waals surface area (Å²) in [7, 11) is 4.03. The van der Waals surface area contributed by atoms with E-state index in [4.69, 9.17) is 5.73 Å². The zero-order chi connectivity index (χ0) is 18.4. The SMILES string of the molecule is C=C(c1ccc(Cc2cc(CCCCC)c(N)nc2C)cc1)N(C)C. The number of anilines is 1. The van der Waals surface area contributed by atoms with E-state index in [1.807, 2.05) is 25.9 Å². The number of unbranched alkanes of at least 4 members (excludes halogenated alkanes) is 2. The molecule has 1 aromatic carbocycles. The van der Waals surface area contributed by atoms with Crippen molar-refractivity contribution in [3.8, 4) is 0 Å². The minimum Gasteiger partial charge on any atom is -0.383 e. The second-order valence-corrected chi connectivity index (χ2v) is 6.95. The Bertz CT molecular complexity index is 715. The van der Waals surface area contributed by atoms with Gasteiger partial charge in [-0.1, -0.05) is 56.7 Å². The summed E-state index contributed by atoms with van der Waals surface area (Å²) in [5, 5.41) is 0. The zero-order valence-corrected chi connectivity index (χ0v) is 16.1. The summed E-state index contributed by atoms with van der Waals surface area (Å²) >= 11 is 0. The molecule has 0 saturated carbocycles. The lowest BCUT2D eigenvalue weighted by Gasteiger charge is -2.16. The van der Waals surface area contributed by atoms with Gasteiger partial charge in [-0.3, -0.25) is 0 Å². The van der Waals surface area contributed by atoms with Crippen LogP contribution in [-0.4, -0.2) is 24.0 Å². The van der Waals surface area contributed by atoms with Crippen molar-refractivity contribution in [3.63, 3.8) is 0 Å². The number of rotatable bonds is 8. The van der Waals surface area contributed by atoms with E-state index in [0.29, 0.717) is 5.82 Å². The molecule has 3 nitrogen and oxygen atoms in total. The van der Waals surface area contributed by atoms with Crippen molar-refractivity contribution >= 4 is 11.5 Å². The second-order valence-electron chi connectivity index (χ2n) is 6.95. The van der Waals surface area contributed by atoms with Crippen molar-refractivity contribution in [1.29, 1.82) is 0 Å². The summed E-state index contributed by atoms with van der Waals surface area (Å²) in [4.78, 5) is 6.61. The predicted octanol–water partition coefficient (Wildman–Crippen LogP) is 4.83. The molecule has 2 rings (SSSR count). The molecule has 0 radical (unpaired) electrons. The molecule has 0 amide bonds. The van der Waals surface area contributed by atoms with Crippen LogP contribution in [0.4, 0.5) is 5.82 Å². The lowest BCUT2D eigenvalue weighted by molar-refractivity contribution is 0.593. The molecule has 0 saturated heterocycles. The first kappa shape index (κ1) is 19.0. The zero-order valence-electron chi connectivity index (χ0n) is 16.1. The highest BCUT2D eigenvalue weighted by Crippen LogP contribution is 2.22. The fourth-order valence-electron chi connectivity index (χ4n) is 2.95. The maximum atomic E-state index is 6.12. The first-order chi connectivity index (χ1) is 11.9. The lowest BCUT2D eigenvalue weighted by Crippen LogP contribution is -2.08. The van der Waals surface area contributed by atoms with Crippen molar-refractivity contribution in [1.82, 2.24) is 9.88 Å². The molecular formula is C22H31N3. The van der Waals surface area contributed by atoms with E-state index >= 15 is 0 Å². The second kappa shape index (κ2) is 8.70. The van der Waals surface area contributed by atoms with Gasteiger partial charge in [-0.2, -0.15) is 0 Å². The van der Waals surface area contributed by atoms with Crippen LogP contribution in [-0.2, 0) is 12.8 Å². The lowest BCUT2D eigenvalue weighted by atomic mass is 9.98. The Hall–Kier alpha value is -2.29. The Kier molecular flexibility index (Phi) is 6.63. The number of nitrogens with two attached hydrogens (primary N) is 1. The Morgan fingerprint density at radius 1 is 1.12 bits per heavy atom. The molecule has 2 N–H and O–H groups in total.